The Balaban J connectivity index is 1.86. The number of thiocarbonyl (C=S) groups is 1. The van der Waals surface area contributed by atoms with E-state index in [0.717, 1.165) is 19.4 Å². The fourth-order valence-electron chi connectivity index (χ4n) is 2.69. The van der Waals surface area contributed by atoms with Crippen molar-refractivity contribution in [3.05, 3.63) is 32.6 Å². The topological polar surface area (TPSA) is 38.8 Å². The predicted molar refractivity (Wildman–Crippen MR) is 102 cm³/mol. The summed E-state index contributed by atoms with van der Waals surface area (Å²) in [6.07, 6.45) is 3.74. The maximum absolute atomic E-state index is 12.7. The van der Waals surface area contributed by atoms with Crippen LogP contribution in [0.5, 0.6) is 5.75 Å². The number of thioether (sulfide) groups is 1. The van der Waals surface area contributed by atoms with Crippen LogP contribution in [0.15, 0.2) is 17.0 Å². The maximum Gasteiger partial charge on any atom is 0.266 e. The van der Waals surface area contributed by atoms with Gasteiger partial charge in [0.15, 0.2) is 0 Å². The van der Waals surface area contributed by atoms with E-state index in [1.165, 1.54) is 18.9 Å². The minimum Gasteiger partial charge on any atom is -0.495 e. The van der Waals surface area contributed by atoms with Crippen LogP contribution in [0.25, 0.3) is 6.08 Å². The van der Waals surface area contributed by atoms with E-state index in [1.807, 2.05) is 0 Å². The minimum absolute atomic E-state index is 0.0574. The van der Waals surface area contributed by atoms with Crippen LogP contribution in [0.2, 0.25) is 10.0 Å². The van der Waals surface area contributed by atoms with Crippen molar-refractivity contribution in [1.82, 2.24) is 4.90 Å². The third kappa shape index (κ3) is 3.73. The molecule has 0 N–H and O–H groups in total. The van der Waals surface area contributed by atoms with E-state index in [4.69, 9.17) is 44.9 Å². The second kappa shape index (κ2) is 7.62. The molecule has 3 rings (SSSR count). The molecule has 0 saturated carbocycles. The second-order valence-electron chi connectivity index (χ2n) is 5.44. The number of nitrogens with zero attached hydrogens (tertiary/aromatic N) is 1. The Morgan fingerprint density at radius 3 is 2.96 bits per heavy atom. The molecule has 0 radical (unpaired) electrons. The largest absolute Gasteiger partial charge is 0.495 e. The lowest BCUT2D eigenvalue weighted by Gasteiger charge is -2.18. The van der Waals surface area contributed by atoms with Crippen molar-refractivity contribution in [3.8, 4) is 5.75 Å². The molecule has 2 aliphatic rings. The monoisotopic (exact) mass is 403 g/mol. The molecule has 128 valence electrons. The molecule has 0 unspecified atom stereocenters. The standard InChI is InChI=1S/C16H15Cl2NO3S2/c1-21-14-9(5-10(17)7-12(14)18)6-13-15(20)19(16(23)24-13)8-11-3-2-4-22-11/h5-7,11H,2-4,8H2,1H3/b13-6-/t11-/m1/s1. The lowest BCUT2D eigenvalue weighted by molar-refractivity contribution is -0.123. The second-order valence-corrected chi connectivity index (χ2v) is 7.96. The number of ether oxygens (including phenoxy) is 2. The summed E-state index contributed by atoms with van der Waals surface area (Å²) < 4.78 is 11.4. The van der Waals surface area contributed by atoms with Crippen LogP contribution in [0.3, 0.4) is 0 Å². The Bertz CT molecular complexity index is 718. The molecule has 1 amide bonds. The number of carbonyl (C=O) groups is 1. The molecule has 1 aromatic rings. The molecule has 0 bridgehead atoms. The van der Waals surface area contributed by atoms with Gasteiger partial charge in [-0.15, -0.1) is 0 Å². The predicted octanol–water partition coefficient (Wildman–Crippen LogP) is 4.38. The first-order valence-electron chi connectivity index (χ1n) is 7.39. The molecule has 0 aromatic heterocycles. The van der Waals surface area contributed by atoms with Gasteiger partial charge in [0.1, 0.15) is 10.1 Å². The lowest BCUT2D eigenvalue weighted by Crippen LogP contribution is -2.35. The van der Waals surface area contributed by atoms with Crippen LogP contribution < -0.4 is 4.74 Å². The molecule has 2 aliphatic heterocycles. The molecule has 0 spiro atoms. The van der Waals surface area contributed by atoms with Gasteiger partial charge >= 0.3 is 0 Å². The zero-order valence-electron chi connectivity index (χ0n) is 12.9. The summed E-state index contributed by atoms with van der Waals surface area (Å²) in [6.45, 7) is 1.24. The molecule has 24 heavy (non-hydrogen) atoms. The number of amides is 1. The van der Waals surface area contributed by atoms with Crippen molar-refractivity contribution in [2.75, 3.05) is 20.3 Å². The molecule has 2 fully saturated rings. The number of benzene rings is 1. The Hall–Kier alpha value is -0.790. The molecule has 0 aliphatic carbocycles. The van der Waals surface area contributed by atoms with Gasteiger partial charge < -0.3 is 9.47 Å². The van der Waals surface area contributed by atoms with E-state index in [9.17, 15) is 4.79 Å². The van der Waals surface area contributed by atoms with Crippen molar-refractivity contribution in [2.45, 2.75) is 18.9 Å². The molecule has 1 atom stereocenters. The fourth-order valence-corrected chi connectivity index (χ4v) is 4.55. The summed E-state index contributed by atoms with van der Waals surface area (Å²) in [5.74, 6) is 0.351. The first-order chi connectivity index (χ1) is 11.5. The van der Waals surface area contributed by atoms with Crippen molar-refractivity contribution >= 4 is 63.5 Å². The summed E-state index contributed by atoms with van der Waals surface area (Å²) in [5, 5.41) is 0.868. The summed E-state index contributed by atoms with van der Waals surface area (Å²) in [4.78, 5) is 14.8. The van der Waals surface area contributed by atoms with E-state index < -0.39 is 0 Å². The lowest BCUT2D eigenvalue weighted by atomic mass is 10.1. The molecule has 1 aromatic carbocycles. The van der Waals surface area contributed by atoms with E-state index in [0.29, 0.717) is 37.1 Å². The van der Waals surface area contributed by atoms with E-state index in [-0.39, 0.29) is 12.0 Å². The van der Waals surface area contributed by atoms with Crippen molar-refractivity contribution in [3.63, 3.8) is 0 Å². The third-order valence-electron chi connectivity index (χ3n) is 3.81. The summed E-state index contributed by atoms with van der Waals surface area (Å²) in [6, 6.07) is 3.31. The van der Waals surface area contributed by atoms with Gasteiger partial charge in [0.05, 0.1) is 29.7 Å². The zero-order chi connectivity index (χ0) is 17.3. The van der Waals surface area contributed by atoms with Gasteiger partial charge in [-0.05, 0) is 31.1 Å². The Labute approximate surface area is 160 Å². The Morgan fingerprint density at radius 1 is 1.50 bits per heavy atom. The highest BCUT2D eigenvalue weighted by Crippen LogP contribution is 2.38. The first-order valence-corrected chi connectivity index (χ1v) is 9.37. The average molecular weight is 404 g/mol. The van der Waals surface area contributed by atoms with Crippen molar-refractivity contribution in [1.29, 1.82) is 0 Å². The van der Waals surface area contributed by atoms with Gasteiger partial charge in [0.25, 0.3) is 5.91 Å². The van der Waals surface area contributed by atoms with Gasteiger partial charge in [-0.25, -0.2) is 0 Å². The highest BCUT2D eigenvalue weighted by atomic mass is 35.5. The van der Waals surface area contributed by atoms with Crippen LogP contribution in [0, 0.1) is 0 Å². The van der Waals surface area contributed by atoms with Gasteiger partial charge in [0.2, 0.25) is 0 Å². The molecule has 2 heterocycles. The SMILES string of the molecule is COc1c(Cl)cc(Cl)cc1/C=C1\SC(=S)N(C[C@H]2CCCO2)C1=O. The van der Waals surface area contributed by atoms with Crippen LogP contribution in [0.1, 0.15) is 18.4 Å². The van der Waals surface area contributed by atoms with Gasteiger partial charge in [-0.1, -0.05) is 47.2 Å². The number of rotatable bonds is 4. The van der Waals surface area contributed by atoms with Crippen molar-refractivity contribution < 1.29 is 14.3 Å². The van der Waals surface area contributed by atoms with Crippen LogP contribution in [-0.4, -0.2) is 41.5 Å². The van der Waals surface area contributed by atoms with Crippen LogP contribution >= 0.6 is 47.2 Å². The fraction of sp³-hybridized carbons (Fsp3) is 0.375. The van der Waals surface area contributed by atoms with E-state index in [2.05, 4.69) is 0 Å². The molecular weight excluding hydrogens is 389 g/mol. The normalized spacial score (nSPS) is 22.7. The van der Waals surface area contributed by atoms with Crippen molar-refractivity contribution in [2.24, 2.45) is 0 Å². The minimum atomic E-state index is -0.126. The van der Waals surface area contributed by atoms with Gasteiger partial charge in [0, 0.05) is 17.2 Å². The number of hydrogen-bond donors (Lipinski definition) is 0. The van der Waals surface area contributed by atoms with Crippen LogP contribution in [0.4, 0.5) is 0 Å². The van der Waals surface area contributed by atoms with Gasteiger partial charge in [-0.2, -0.15) is 0 Å². The van der Waals surface area contributed by atoms with Crippen LogP contribution in [-0.2, 0) is 9.53 Å². The molecule has 8 heteroatoms. The highest BCUT2D eigenvalue weighted by molar-refractivity contribution is 8.26. The first kappa shape index (κ1) is 18.0. The number of hydrogen-bond acceptors (Lipinski definition) is 5. The summed E-state index contributed by atoms with van der Waals surface area (Å²) in [5.41, 5.74) is 0.646. The maximum atomic E-state index is 12.7. The molecular formula is C16H15Cl2NO3S2. The summed E-state index contributed by atoms with van der Waals surface area (Å²) in [7, 11) is 1.52. The quantitative estimate of drug-likeness (QED) is 0.550. The number of methoxy groups -OCH3 is 1. The highest BCUT2D eigenvalue weighted by Gasteiger charge is 2.34. The Kier molecular flexibility index (Phi) is 5.72. The zero-order valence-corrected chi connectivity index (χ0v) is 16.0. The van der Waals surface area contributed by atoms with Gasteiger partial charge in [-0.3, -0.25) is 9.69 Å². The smallest absolute Gasteiger partial charge is 0.266 e. The third-order valence-corrected chi connectivity index (χ3v) is 5.69. The van der Waals surface area contributed by atoms with E-state index in [1.54, 1.807) is 23.1 Å². The molecule has 2 saturated heterocycles. The number of carbonyl (C=O) groups excluding carboxylic acids is 1. The number of halogens is 2. The summed E-state index contributed by atoms with van der Waals surface area (Å²) >= 11 is 18.8. The Morgan fingerprint density at radius 2 is 2.29 bits per heavy atom. The average Bonchev–Trinajstić information content (AvgIpc) is 3.11. The molecule has 4 nitrogen and oxygen atoms in total. The van der Waals surface area contributed by atoms with E-state index >= 15 is 0 Å².